The number of halogens is 1. The number of nitrogens with two attached hydrogens (primary N) is 1. The standard InChI is InChI=1S/C13H9BrN2OS2/c14-8-3-1-7(2-4-8)9-5-19-13(16-9)11-10(17)6-18-12(11)15/h1-5H,6,15H2. The number of thiazole rings is 1. The second kappa shape index (κ2) is 5.11. The molecule has 0 spiro atoms. The molecule has 3 rings (SSSR count). The van der Waals surface area contributed by atoms with Gasteiger partial charge in [0, 0.05) is 15.4 Å². The van der Waals surface area contributed by atoms with Crippen molar-refractivity contribution in [2.75, 3.05) is 5.75 Å². The zero-order valence-corrected chi connectivity index (χ0v) is 12.9. The minimum atomic E-state index is 0.0687. The van der Waals surface area contributed by atoms with Crippen LogP contribution in [-0.2, 0) is 4.79 Å². The Kier molecular flexibility index (Phi) is 3.47. The van der Waals surface area contributed by atoms with Gasteiger partial charge in [-0.1, -0.05) is 39.8 Å². The van der Waals surface area contributed by atoms with E-state index in [0.29, 0.717) is 21.4 Å². The lowest BCUT2D eigenvalue weighted by atomic mass is 10.2. The summed E-state index contributed by atoms with van der Waals surface area (Å²) in [5.74, 6) is 0.494. The molecule has 2 aromatic rings. The van der Waals surface area contributed by atoms with Crippen molar-refractivity contribution in [1.82, 2.24) is 4.98 Å². The van der Waals surface area contributed by atoms with Gasteiger partial charge >= 0.3 is 0 Å². The Balaban J connectivity index is 1.98. The van der Waals surface area contributed by atoms with Crippen molar-refractivity contribution in [2.24, 2.45) is 5.73 Å². The summed E-state index contributed by atoms with van der Waals surface area (Å²) in [5, 5.41) is 3.25. The number of thioether (sulfide) groups is 1. The molecule has 0 atom stereocenters. The molecule has 2 heterocycles. The quantitative estimate of drug-likeness (QED) is 0.898. The molecule has 1 aliphatic rings. The van der Waals surface area contributed by atoms with E-state index in [9.17, 15) is 4.79 Å². The average Bonchev–Trinajstić information content (AvgIpc) is 2.98. The Morgan fingerprint density at radius 3 is 2.63 bits per heavy atom. The number of ketones is 1. The van der Waals surface area contributed by atoms with Gasteiger partial charge in [0.15, 0.2) is 5.78 Å². The van der Waals surface area contributed by atoms with E-state index in [1.54, 1.807) is 0 Å². The van der Waals surface area contributed by atoms with Gasteiger partial charge in [0.05, 0.1) is 22.0 Å². The van der Waals surface area contributed by atoms with Crippen LogP contribution in [0.2, 0.25) is 0 Å². The Morgan fingerprint density at radius 2 is 2.00 bits per heavy atom. The van der Waals surface area contributed by atoms with Gasteiger partial charge in [-0.3, -0.25) is 4.79 Å². The first kappa shape index (κ1) is 12.9. The third-order valence-corrected chi connectivity index (χ3v) is 5.05. The molecule has 0 saturated carbocycles. The first-order chi connectivity index (χ1) is 9.15. The molecule has 0 fully saturated rings. The van der Waals surface area contributed by atoms with E-state index in [0.717, 1.165) is 15.7 Å². The topological polar surface area (TPSA) is 56.0 Å². The van der Waals surface area contributed by atoms with Crippen LogP contribution in [0.1, 0.15) is 5.01 Å². The summed E-state index contributed by atoms with van der Waals surface area (Å²) in [6, 6.07) is 7.93. The molecule has 1 aromatic carbocycles. The van der Waals surface area contributed by atoms with Gasteiger partial charge < -0.3 is 5.73 Å². The van der Waals surface area contributed by atoms with Crippen molar-refractivity contribution < 1.29 is 4.79 Å². The highest BCUT2D eigenvalue weighted by Gasteiger charge is 2.25. The first-order valence-corrected chi connectivity index (χ1v) is 8.18. The summed E-state index contributed by atoms with van der Waals surface area (Å²) in [5.41, 5.74) is 8.34. The molecule has 0 amide bonds. The monoisotopic (exact) mass is 352 g/mol. The van der Waals surface area contributed by atoms with Gasteiger partial charge in [-0.2, -0.15) is 0 Å². The number of hydrogen-bond donors (Lipinski definition) is 1. The molecule has 3 nitrogen and oxygen atoms in total. The number of carbonyl (C=O) groups excluding carboxylic acids is 1. The summed E-state index contributed by atoms with van der Waals surface area (Å²) in [4.78, 5) is 16.3. The molecule has 0 unspecified atom stereocenters. The normalized spacial score (nSPS) is 15.3. The molecular weight excluding hydrogens is 344 g/mol. The van der Waals surface area contributed by atoms with E-state index in [1.807, 2.05) is 29.6 Å². The van der Waals surface area contributed by atoms with Crippen LogP contribution in [0, 0.1) is 0 Å². The maximum Gasteiger partial charge on any atom is 0.178 e. The lowest BCUT2D eigenvalue weighted by molar-refractivity contribution is -0.111. The molecule has 6 heteroatoms. The van der Waals surface area contributed by atoms with Gasteiger partial charge in [-0.05, 0) is 12.1 Å². The Bertz CT molecular complexity index is 676. The molecule has 0 bridgehead atoms. The van der Waals surface area contributed by atoms with Crippen LogP contribution in [0.4, 0.5) is 0 Å². The van der Waals surface area contributed by atoms with Gasteiger partial charge in [-0.15, -0.1) is 11.3 Å². The van der Waals surface area contributed by atoms with Gasteiger partial charge in [0.1, 0.15) is 5.01 Å². The van der Waals surface area contributed by atoms with Gasteiger partial charge in [-0.25, -0.2) is 4.98 Å². The van der Waals surface area contributed by atoms with Crippen LogP contribution in [-0.4, -0.2) is 16.5 Å². The molecule has 0 radical (unpaired) electrons. The van der Waals surface area contributed by atoms with Crippen LogP contribution < -0.4 is 5.73 Å². The Labute approximate surface area is 127 Å². The molecule has 2 N–H and O–H groups in total. The predicted molar refractivity (Wildman–Crippen MR) is 83.8 cm³/mol. The number of aromatic nitrogens is 1. The first-order valence-electron chi connectivity index (χ1n) is 5.53. The lowest BCUT2D eigenvalue weighted by Crippen LogP contribution is -2.01. The summed E-state index contributed by atoms with van der Waals surface area (Å²) in [6.45, 7) is 0. The second-order valence-corrected chi connectivity index (χ2v) is 6.79. The van der Waals surface area contributed by atoms with Crippen LogP contribution in [0.3, 0.4) is 0 Å². The van der Waals surface area contributed by atoms with Crippen LogP contribution in [0.5, 0.6) is 0 Å². The van der Waals surface area contributed by atoms with E-state index >= 15 is 0 Å². The highest BCUT2D eigenvalue weighted by atomic mass is 79.9. The van der Waals surface area contributed by atoms with Crippen molar-refractivity contribution in [3.63, 3.8) is 0 Å². The number of allylic oxidation sites excluding steroid dienone is 1. The van der Waals surface area contributed by atoms with Crippen molar-refractivity contribution in [3.05, 3.63) is 44.2 Å². The number of benzene rings is 1. The zero-order valence-electron chi connectivity index (χ0n) is 9.72. The number of rotatable bonds is 2. The van der Waals surface area contributed by atoms with Gasteiger partial charge in [0.25, 0.3) is 0 Å². The molecular formula is C13H9BrN2OS2. The minimum absolute atomic E-state index is 0.0687. The molecule has 96 valence electrons. The van der Waals surface area contributed by atoms with E-state index in [2.05, 4.69) is 20.9 Å². The molecule has 1 aliphatic heterocycles. The number of hydrogen-bond acceptors (Lipinski definition) is 5. The highest BCUT2D eigenvalue weighted by molar-refractivity contribution is 9.10. The van der Waals surface area contributed by atoms with Crippen molar-refractivity contribution in [3.8, 4) is 11.3 Å². The fourth-order valence-corrected chi connectivity index (χ4v) is 3.81. The maximum atomic E-state index is 11.8. The van der Waals surface area contributed by atoms with Crippen LogP contribution >= 0.6 is 39.0 Å². The average molecular weight is 353 g/mol. The van der Waals surface area contributed by atoms with E-state index in [4.69, 9.17) is 5.73 Å². The lowest BCUT2D eigenvalue weighted by Gasteiger charge is -1.97. The van der Waals surface area contributed by atoms with E-state index in [-0.39, 0.29) is 5.78 Å². The predicted octanol–water partition coefficient (Wildman–Crippen LogP) is 3.52. The van der Waals surface area contributed by atoms with Crippen molar-refractivity contribution >= 4 is 50.4 Å². The Morgan fingerprint density at radius 1 is 1.26 bits per heavy atom. The maximum absolute atomic E-state index is 11.8. The SMILES string of the molecule is NC1=C(c2nc(-c3ccc(Br)cc3)cs2)C(=O)CS1. The summed E-state index contributed by atoms with van der Waals surface area (Å²) < 4.78 is 1.03. The molecule has 0 aliphatic carbocycles. The van der Waals surface area contributed by atoms with E-state index in [1.165, 1.54) is 23.1 Å². The third-order valence-electron chi connectivity index (χ3n) is 2.74. The summed E-state index contributed by atoms with van der Waals surface area (Å²) in [6.07, 6.45) is 0. The Hall–Kier alpha value is -1.11. The fourth-order valence-electron chi connectivity index (χ4n) is 1.79. The molecule has 0 saturated heterocycles. The van der Waals surface area contributed by atoms with Crippen LogP contribution in [0.25, 0.3) is 16.8 Å². The number of Topliss-reactive ketones (excluding diaryl/α,β-unsaturated/α-hetero) is 1. The smallest absolute Gasteiger partial charge is 0.178 e. The van der Waals surface area contributed by atoms with E-state index < -0.39 is 0 Å². The molecule has 19 heavy (non-hydrogen) atoms. The largest absolute Gasteiger partial charge is 0.393 e. The zero-order chi connectivity index (χ0) is 13.4. The number of carbonyl (C=O) groups is 1. The summed E-state index contributed by atoms with van der Waals surface area (Å²) in [7, 11) is 0. The molecule has 1 aromatic heterocycles. The van der Waals surface area contributed by atoms with Crippen molar-refractivity contribution in [2.45, 2.75) is 0 Å². The van der Waals surface area contributed by atoms with Gasteiger partial charge in [0.2, 0.25) is 0 Å². The minimum Gasteiger partial charge on any atom is -0.393 e. The summed E-state index contributed by atoms with van der Waals surface area (Å²) >= 11 is 6.25. The fraction of sp³-hybridized carbons (Fsp3) is 0.0769. The second-order valence-electron chi connectivity index (χ2n) is 4.00. The van der Waals surface area contributed by atoms with Crippen molar-refractivity contribution in [1.29, 1.82) is 0 Å². The highest BCUT2D eigenvalue weighted by Crippen LogP contribution is 2.35. The number of nitrogens with zero attached hydrogens (tertiary/aromatic N) is 1. The third kappa shape index (κ3) is 2.48. The van der Waals surface area contributed by atoms with Crippen LogP contribution in [0.15, 0.2) is 39.1 Å².